The SMILES string of the molecule is CC(CS(C)(=O)=O)N(O)C=O. The maximum atomic E-state index is 10.6. The molecule has 0 aliphatic heterocycles. The van der Waals surface area contributed by atoms with Crippen LogP contribution in [0.4, 0.5) is 0 Å². The number of amides is 1. The second-order valence-corrected chi connectivity index (χ2v) is 4.61. The fourth-order valence-electron chi connectivity index (χ4n) is 0.618. The smallest absolute Gasteiger partial charge is 0.233 e. The molecule has 1 unspecified atom stereocenters. The Hall–Kier alpha value is -0.620. The molecule has 0 radical (unpaired) electrons. The van der Waals surface area contributed by atoms with Gasteiger partial charge in [-0.1, -0.05) is 0 Å². The highest BCUT2D eigenvalue weighted by molar-refractivity contribution is 7.90. The number of nitrogens with zero attached hydrogens (tertiary/aromatic N) is 1. The van der Waals surface area contributed by atoms with E-state index < -0.39 is 15.9 Å². The van der Waals surface area contributed by atoms with Gasteiger partial charge in [0.25, 0.3) is 0 Å². The van der Waals surface area contributed by atoms with Gasteiger partial charge in [-0.2, -0.15) is 0 Å². The van der Waals surface area contributed by atoms with Gasteiger partial charge in [0.05, 0.1) is 11.8 Å². The summed E-state index contributed by atoms with van der Waals surface area (Å²) >= 11 is 0. The average molecular weight is 181 g/mol. The third kappa shape index (κ3) is 4.74. The van der Waals surface area contributed by atoms with Gasteiger partial charge in [-0.15, -0.1) is 0 Å². The molecule has 0 heterocycles. The highest BCUT2D eigenvalue weighted by Crippen LogP contribution is 1.95. The van der Waals surface area contributed by atoms with Crippen molar-refractivity contribution in [2.45, 2.75) is 13.0 Å². The second kappa shape index (κ2) is 3.68. The first-order chi connectivity index (χ1) is 4.87. The Morgan fingerprint density at radius 1 is 1.64 bits per heavy atom. The van der Waals surface area contributed by atoms with Gasteiger partial charge >= 0.3 is 0 Å². The van der Waals surface area contributed by atoms with E-state index in [1.165, 1.54) is 6.92 Å². The van der Waals surface area contributed by atoms with Crippen LogP contribution in [0.1, 0.15) is 6.92 Å². The fraction of sp³-hybridized carbons (Fsp3) is 0.800. The van der Waals surface area contributed by atoms with Crippen molar-refractivity contribution in [3.63, 3.8) is 0 Å². The number of hydrogen-bond acceptors (Lipinski definition) is 4. The molecule has 0 aromatic rings. The zero-order chi connectivity index (χ0) is 9.07. The highest BCUT2D eigenvalue weighted by atomic mass is 32.2. The molecule has 0 aromatic heterocycles. The third-order valence-electron chi connectivity index (χ3n) is 1.10. The molecule has 0 aliphatic rings. The van der Waals surface area contributed by atoms with E-state index in [1.54, 1.807) is 0 Å². The van der Waals surface area contributed by atoms with Crippen LogP contribution >= 0.6 is 0 Å². The number of hydroxylamine groups is 2. The van der Waals surface area contributed by atoms with E-state index in [-0.39, 0.29) is 12.2 Å². The van der Waals surface area contributed by atoms with Gasteiger partial charge in [-0.25, -0.2) is 13.5 Å². The molecule has 66 valence electrons. The van der Waals surface area contributed by atoms with E-state index in [9.17, 15) is 13.2 Å². The number of carbonyl (C=O) groups is 1. The summed E-state index contributed by atoms with van der Waals surface area (Å²) in [6.07, 6.45) is 1.22. The maximum Gasteiger partial charge on any atom is 0.233 e. The predicted molar refractivity (Wildman–Crippen MR) is 38.9 cm³/mol. The number of hydrogen-bond donors (Lipinski definition) is 1. The van der Waals surface area contributed by atoms with E-state index in [0.717, 1.165) is 6.26 Å². The van der Waals surface area contributed by atoms with Crippen molar-refractivity contribution in [1.82, 2.24) is 5.06 Å². The Bertz CT molecular complexity index is 223. The van der Waals surface area contributed by atoms with Gasteiger partial charge in [0, 0.05) is 6.26 Å². The summed E-state index contributed by atoms with van der Waals surface area (Å²) in [7, 11) is -3.14. The van der Waals surface area contributed by atoms with Crippen molar-refractivity contribution in [2.24, 2.45) is 0 Å². The molecule has 5 nitrogen and oxygen atoms in total. The van der Waals surface area contributed by atoms with Crippen molar-refractivity contribution < 1.29 is 18.4 Å². The maximum absolute atomic E-state index is 10.6. The van der Waals surface area contributed by atoms with Crippen LogP contribution in [0.2, 0.25) is 0 Å². The topological polar surface area (TPSA) is 74.7 Å². The lowest BCUT2D eigenvalue weighted by molar-refractivity contribution is -0.156. The van der Waals surface area contributed by atoms with E-state index in [2.05, 4.69) is 0 Å². The van der Waals surface area contributed by atoms with Crippen LogP contribution in [0.5, 0.6) is 0 Å². The molecule has 0 bridgehead atoms. The summed E-state index contributed by atoms with van der Waals surface area (Å²) in [6, 6.07) is -0.692. The Kier molecular flexibility index (Phi) is 3.47. The van der Waals surface area contributed by atoms with Crippen molar-refractivity contribution in [2.75, 3.05) is 12.0 Å². The molecule has 11 heavy (non-hydrogen) atoms. The first kappa shape index (κ1) is 10.4. The van der Waals surface area contributed by atoms with Crippen LogP contribution < -0.4 is 0 Å². The molecular formula is C5H11NO4S. The standard InChI is InChI=1S/C5H11NO4S/c1-5(6(8)4-7)3-11(2,9)10/h4-5,8H,3H2,1-2H3. The second-order valence-electron chi connectivity index (χ2n) is 2.43. The lowest BCUT2D eigenvalue weighted by Crippen LogP contribution is -2.34. The minimum Gasteiger partial charge on any atom is -0.286 e. The first-order valence-corrected chi connectivity index (χ1v) is 5.03. The Balaban J connectivity index is 4.08. The fourth-order valence-corrected chi connectivity index (χ4v) is 1.65. The molecule has 0 aliphatic carbocycles. The van der Waals surface area contributed by atoms with Crippen molar-refractivity contribution in [3.8, 4) is 0 Å². The van der Waals surface area contributed by atoms with Crippen LogP contribution in [0, 0.1) is 0 Å². The first-order valence-electron chi connectivity index (χ1n) is 2.97. The lowest BCUT2D eigenvalue weighted by Gasteiger charge is -2.16. The monoisotopic (exact) mass is 181 g/mol. The summed E-state index contributed by atoms with van der Waals surface area (Å²) in [4.78, 5) is 9.91. The molecule has 0 fully saturated rings. The normalized spacial score (nSPS) is 14.1. The number of rotatable bonds is 4. The van der Waals surface area contributed by atoms with Gasteiger partial charge in [-0.3, -0.25) is 10.0 Å². The van der Waals surface area contributed by atoms with Crippen molar-refractivity contribution >= 4 is 16.2 Å². The molecule has 0 saturated carbocycles. The van der Waals surface area contributed by atoms with Gasteiger partial charge in [0.1, 0.15) is 9.84 Å². The van der Waals surface area contributed by atoms with Crippen LogP contribution in [0.3, 0.4) is 0 Å². The van der Waals surface area contributed by atoms with Gasteiger partial charge < -0.3 is 0 Å². The van der Waals surface area contributed by atoms with E-state index >= 15 is 0 Å². The van der Waals surface area contributed by atoms with Crippen molar-refractivity contribution in [3.05, 3.63) is 0 Å². The van der Waals surface area contributed by atoms with Gasteiger partial charge in [0.15, 0.2) is 0 Å². The largest absolute Gasteiger partial charge is 0.286 e. The molecule has 0 aromatic carbocycles. The minimum atomic E-state index is -3.14. The molecule has 1 atom stereocenters. The van der Waals surface area contributed by atoms with Crippen LogP contribution in [-0.2, 0) is 14.6 Å². The summed E-state index contributed by atoms with van der Waals surface area (Å²) in [5.74, 6) is -0.234. The van der Waals surface area contributed by atoms with Crippen LogP contribution in [-0.4, -0.2) is 43.1 Å². The van der Waals surface area contributed by atoms with Crippen LogP contribution in [0.15, 0.2) is 0 Å². The Morgan fingerprint density at radius 2 is 2.09 bits per heavy atom. The zero-order valence-corrected chi connectivity index (χ0v) is 7.21. The quantitative estimate of drug-likeness (QED) is 0.352. The predicted octanol–water partition coefficient (Wildman–Crippen LogP) is -0.733. The van der Waals surface area contributed by atoms with Crippen molar-refractivity contribution in [1.29, 1.82) is 0 Å². The van der Waals surface area contributed by atoms with Gasteiger partial charge in [-0.05, 0) is 6.92 Å². The molecule has 1 N–H and O–H groups in total. The molecule has 1 amide bonds. The van der Waals surface area contributed by atoms with Gasteiger partial charge in [0.2, 0.25) is 6.41 Å². The lowest BCUT2D eigenvalue weighted by atomic mass is 10.4. The van der Waals surface area contributed by atoms with E-state index in [1.807, 2.05) is 0 Å². The summed E-state index contributed by atoms with van der Waals surface area (Å²) in [5, 5.41) is 9.02. The molecule has 0 rings (SSSR count). The summed E-state index contributed by atoms with van der Waals surface area (Å²) in [6.45, 7) is 1.44. The highest BCUT2D eigenvalue weighted by Gasteiger charge is 2.14. The zero-order valence-electron chi connectivity index (χ0n) is 6.39. The average Bonchev–Trinajstić information content (AvgIpc) is 1.82. The van der Waals surface area contributed by atoms with E-state index in [4.69, 9.17) is 5.21 Å². The molecule has 0 spiro atoms. The molecule has 0 saturated heterocycles. The molecular weight excluding hydrogens is 170 g/mol. The third-order valence-corrected chi connectivity index (χ3v) is 2.19. The Morgan fingerprint density at radius 3 is 2.36 bits per heavy atom. The van der Waals surface area contributed by atoms with E-state index in [0.29, 0.717) is 5.06 Å². The molecule has 6 heteroatoms. The summed E-state index contributed by atoms with van der Waals surface area (Å²) < 4.78 is 21.2. The number of sulfone groups is 1. The number of carbonyl (C=O) groups excluding carboxylic acids is 1. The van der Waals surface area contributed by atoms with Crippen LogP contribution in [0.25, 0.3) is 0 Å². The minimum absolute atomic E-state index is 0.176. The Labute approximate surface area is 65.5 Å². The summed E-state index contributed by atoms with van der Waals surface area (Å²) in [5.41, 5.74) is 0.